The van der Waals surface area contributed by atoms with Crippen LogP contribution in [-0.2, 0) is 6.61 Å². The second kappa shape index (κ2) is 7.67. The van der Waals surface area contributed by atoms with E-state index < -0.39 is 0 Å². The van der Waals surface area contributed by atoms with E-state index in [2.05, 4.69) is 22.4 Å². The predicted octanol–water partition coefficient (Wildman–Crippen LogP) is 5.35. The lowest BCUT2D eigenvalue weighted by Crippen LogP contribution is -2.15. The van der Waals surface area contributed by atoms with Gasteiger partial charge in [0.25, 0.3) is 5.91 Å². The van der Waals surface area contributed by atoms with E-state index in [-0.39, 0.29) is 18.2 Å². The van der Waals surface area contributed by atoms with Crippen LogP contribution < -0.4 is 10.1 Å². The molecule has 0 unspecified atom stereocenters. The minimum absolute atomic E-state index is 0.194. The number of aromatic nitrogens is 2. The Morgan fingerprint density at radius 3 is 2.69 bits per heavy atom. The summed E-state index contributed by atoms with van der Waals surface area (Å²) in [6, 6.07) is 11.9. The fourth-order valence-corrected chi connectivity index (χ4v) is 3.93. The van der Waals surface area contributed by atoms with Crippen molar-refractivity contribution in [2.24, 2.45) is 0 Å². The summed E-state index contributed by atoms with van der Waals surface area (Å²) in [7, 11) is 0. The molecule has 0 spiro atoms. The van der Waals surface area contributed by atoms with Crippen LogP contribution in [-0.4, -0.2) is 16.0 Å². The first-order chi connectivity index (χ1) is 13.9. The predicted molar refractivity (Wildman–Crippen MR) is 114 cm³/mol. The fraction of sp³-hybridized carbons (Fsp3) is 0.227. The summed E-state index contributed by atoms with van der Waals surface area (Å²) in [6.45, 7) is 8.04. The van der Waals surface area contributed by atoms with Gasteiger partial charge in [-0.15, -0.1) is 0 Å². The largest absolute Gasteiger partial charge is 0.489 e. The molecular formula is C22H21N3O3S. The first-order valence-corrected chi connectivity index (χ1v) is 10.1. The zero-order valence-electron chi connectivity index (χ0n) is 16.7. The van der Waals surface area contributed by atoms with E-state index in [0.717, 1.165) is 27.1 Å². The van der Waals surface area contributed by atoms with E-state index in [0.29, 0.717) is 16.5 Å². The summed E-state index contributed by atoms with van der Waals surface area (Å²) in [5, 5.41) is 7.30. The molecule has 7 heteroatoms. The maximum Gasteiger partial charge on any atom is 0.280 e. The number of rotatable bonds is 5. The molecule has 2 aromatic carbocycles. The molecular weight excluding hydrogens is 386 g/mol. The highest BCUT2D eigenvalue weighted by Crippen LogP contribution is 2.28. The molecule has 29 heavy (non-hydrogen) atoms. The van der Waals surface area contributed by atoms with Gasteiger partial charge in [-0.25, -0.2) is 4.98 Å². The third kappa shape index (κ3) is 3.86. The second-order valence-electron chi connectivity index (χ2n) is 7.00. The van der Waals surface area contributed by atoms with Crippen molar-refractivity contribution in [2.45, 2.75) is 34.3 Å². The van der Waals surface area contributed by atoms with Crippen LogP contribution in [0.3, 0.4) is 0 Å². The number of thiazole rings is 1. The second-order valence-corrected chi connectivity index (χ2v) is 8.03. The number of amides is 1. The lowest BCUT2D eigenvalue weighted by Gasteiger charge is -2.08. The van der Waals surface area contributed by atoms with Crippen LogP contribution in [0.2, 0.25) is 0 Å². The maximum atomic E-state index is 12.8. The summed E-state index contributed by atoms with van der Waals surface area (Å²) < 4.78 is 12.2. The monoisotopic (exact) mass is 407 g/mol. The van der Waals surface area contributed by atoms with Crippen molar-refractivity contribution >= 4 is 32.6 Å². The molecule has 0 aliphatic rings. The van der Waals surface area contributed by atoms with Gasteiger partial charge in [0.1, 0.15) is 18.1 Å². The van der Waals surface area contributed by atoms with Crippen molar-refractivity contribution in [2.75, 3.05) is 5.32 Å². The Labute approximate surface area is 172 Å². The third-order valence-electron chi connectivity index (χ3n) is 4.90. The Morgan fingerprint density at radius 2 is 1.93 bits per heavy atom. The number of ether oxygens (including phenoxy) is 1. The normalized spacial score (nSPS) is 11.0. The fourth-order valence-electron chi connectivity index (χ4n) is 2.99. The Bertz CT molecular complexity index is 1210. The molecule has 0 fully saturated rings. The molecule has 0 saturated heterocycles. The maximum absolute atomic E-state index is 12.8. The molecule has 0 aliphatic heterocycles. The number of nitrogens with zero attached hydrogens (tertiary/aromatic N) is 2. The lowest BCUT2D eigenvalue weighted by atomic mass is 10.1. The van der Waals surface area contributed by atoms with Gasteiger partial charge in [0.2, 0.25) is 0 Å². The highest BCUT2D eigenvalue weighted by atomic mass is 32.1. The topological polar surface area (TPSA) is 77.2 Å². The number of hydrogen-bond acceptors (Lipinski definition) is 6. The first-order valence-electron chi connectivity index (χ1n) is 9.25. The van der Waals surface area contributed by atoms with E-state index >= 15 is 0 Å². The van der Waals surface area contributed by atoms with E-state index in [1.807, 2.05) is 50.2 Å². The van der Waals surface area contributed by atoms with E-state index in [1.54, 1.807) is 6.92 Å². The quantitative estimate of drug-likeness (QED) is 0.483. The zero-order valence-corrected chi connectivity index (χ0v) is 17.5. The number of carbonyl (C=O) groups excluding carboxylic acids is 1. The van der Waals surface area contributed by atoms with Crippen LogP contribution >= 0.6 is 11.3 Å². The van der Waals surface area contributed by atoms with Crippen molar-refractivity contribution in [1.29, 1.82) is 0 Å². The molecule has 0 bridgehead atoms. The molecule has 4 rings (SSSR count). The van der Waals surface area contributed by atoms with Crippen molar-refractivity contribution in [3.05, 3.63) is 70.1 Å². The van der Waals surface area contributed by atoms with Crippen LogP contribution in [0, 0.1) is 27.7 Å². The molecule has 0 saturated carbocycles. The van der Waals surface area contributed by atoms with Crippen molar-refractivity contribution in [1.82, 2.24) is 10.1 Å². The number of carbonyl (C=O) groups is 1. The SMILES string of the molecule is Cc1ccc(OCc2c(C(=O)Nc3nc4c(C)cccc4s3)noc2C)cc1C. The highest BCUT2D eigenvalue weighted by Gasteiger charge is 2.22. The molecule has 1 amide bonds. The molecule has 2 heterocycles. The standard InChI is InChI=1S/C22H21N3O3S/c1-12-8-9-16(10-14(12)3)27-11-17-15(4)28-25-20(17)21(26)24-22-23-19-13(2)6-5-7-18(19)29-22/h5-10H,11H2,1-4H3,(H,23,24,26). The summed E-state index contributed by atoms with van der Waals surface area (Å²) in [5.41, 5.74) is 5.14. The van der Waals surface area contributed by atoms with Gasteiger partial charge in [0.15, 0.2) is 10.8 Å². The summed E-state index contributed by atoms with van der Waals surface area (Å²) >= 11 is 1.43. The number of hydrogen-bond donors (Lipinski definition) is 1. The van der Waals surface area contributed by atoms with Gasteiger partial charge in [-0.2, -0.15) is 0 Å². The molecule has 4 aromatic rings. The molecule has 6 nitrogen and oxygen atoms in total. The Morgan fingerprint density at radius 1 is 1.10 bits per heavy atom. The van der Waals surface area contributed by atoms with Crippen molar-refractivity contribution in [3.63, 3.8) is 0 Å². The average molecular weight is 407 g/mol. The smallest absolute Gasteiger partial charge is 0.280 e. The molecule has 148 valence electrons. The van der Waals surface area contributed by atoms with E-state index in [4.69, 9.17) is 9.26 Å². The number of nitrogens with one attached hydrogen (secondary N) is 1. The summed E-state index contributed by atoms with van der Waals surface area (Å²) in [4.78, 5) is 17.3. The van der Waals surface area contributed by atoms with Crippen molar-refractivity contribution in [3.8, 4) is 5.75 Å². The molecule has 1 N–H and O–H groups in total. The van der Waals surface area contributed by atoms with Crippen LogP contribution in [0.1, 0.15) is 38.5 Å². The Balaban J connectivity index is 1.53. The number of aryl methyl sites for hydroxylation is 4. The summed E-state index contributed by atoms with van der Waals surface area (Å²) in [5.74, 6) is 0.929. The van der Waals surface area contributed by atoms with Crippen LogP contribution in [0.25, 0.3) is 10.2 Å². The summed E-state index contributed by atoms with van der Waals surface area (Å²) in [6.07, 6.45) is 0. The minimum Gasteiger partial charge on any atom is -0.489 e. The van der Waals surface area contributed by atoms with Crippen molar-refractivity contribution < 1.29 is 14.1 Å². The van der Waals surface area contributed by atoms with Crippen LogP contribution in [0.5, 0.6) is 5.75 Å². The zero-order chi connectivity index (χ0) is 20.5. The van der Waals surface area contributed by atoms with Crippen LogP contribution in [0.15, 0.2) is 40.9 Å². The van der Waals surface area contributed by atoms with Gasteiger partial charge in [0.05, 0.1) is 15.8 Å². The number of anilines is 1. The van der Waals surface area contributed by atoms with Gasteiger partial charge in [-0.05, 0) is 62.6 Å². The van der Waals surface area contributed by atoms with Gasteiger partial charge in [0, 0.05) is 0 Å². The first kappa shape index (κ1) is 19.1. The minimum atomic E-state index is -0.364. The molecule has 0 atom stereocenters. The molecule has 2 aromatic heterocycles. The van der Waals surface area contributed by atoms with Gasteiger partial charge in [-0.1, -0.05) is 34.7 Å². The number of fused-ring (bicyclic) bond motifs is 1. The Kier molecular flexibility index (Phi) is 5.07. The van der Waals surface area contributed by atoms with Gasteiger partial charge in [-0.3, -0.25) is 10.1 Å². The lowest BCUT2D eigenvalue weighted by molar-refractivity contribution is 0.101. The van der Waals surface area contributed by atoms with Gasteiger partial charge >= 0.3 is 0 Å². The number of para-hydroxylation sites is 1. The van der Waals surface area contributed by atoms with Crippen LogP contribution in [0.4, 0.5) is 5.13 Å². The highest BCUT2D eigenvalue weighted by molar-refractivity contribution is 7.22. The third-order valence-corrected chi connectivity index (χ3v) is 5.84. The average Bonchev–Trinajstić information content (AvgIpc) is 3.26. The number of benzene rings is 2. The Hall–Kier alpha value is -3.19. The van der Waals surface area contributed by atoms with Gasteiger partial charge < -0.3 is 9.26 Å². The van der Waals surface area contributed by atoms with E-state index in [9.17, 15) is 4.79 Å². The van der Waals surface area contributed by atoms with E-state index in [1.165, 1.54) is 16.9 Å². The molecule has 0 radical (unpaired) electrons. The molecule has 0 aliphatic carbocycles.